The maximum Gasteiger partial charge on any atom is 0.488 e. The number of hydrogen-bond donors (Lipinski definition) is 4. The van der Waals surface area contributed by atoms with Crippen LogP contribution in [0.2, 0.25) is 0 Å². The lowest BCUT2D eigenvalue weighted by molar-refractivity contribution is 0.100. The lowest BCUT2D eigenvalue weighted by Gasteiger charge is -2.03. The Balaban J connectivity index is 0.000000202. The highest BCUT2D eigenvalue weighted by molar-refractivity contribution is 9.10. The normalized spacial score (nSPS) is 9.69. The van der Waals surface area contributed by atoms with Crippen molar-refractivity contribution in [3.05, 3.63) is 113 Å². The van der Waals surface area contributed by atoms with E-state index in [1.54, 1.807) is 19.1 Å². The zero-order chi connectivity index (χ0) is 26.7. The van der Waals surface area contributed by atoms with Crippen LogP contribution in [0.3, 0.4) is 0 Å². The van der Waals surface area contributed by atoms with Crippen LogP contribution in [0.5, 0.6) is 0 Å². The number of ketones is 2. The molecule has 0 aliphatic carbocycles. The topological polar surface area (TPSA) is 127 Å². The Bertz CT molecular complexity index is 1280. The van der Waals surface area contributed by atoms with Gasteiger partial charge in [-0.3, -0.25) is 9.59 Å². The average Bonchev–Trinajstić information content (AvgIpc) is 2.85. The summed E-state index contributed by atoms with van der Waals surface area (Å²) in [6, 6.07) is 29.0. The number of nitrogen functional groups attached to an aromatic ring is 2. The van der Waals surface area contributed by atoms with Crippen LogP contribution < -0.4 is 16.9 Å². The van der Waals surface area contributed by atoms with E-state index in [0.29, 0.717) is 11.0 Å². The van der Waals surface area contributed by atoms with Gasteiger partial charge in [0, 0.05) is 27.0 Å². The molecule has 4 aromatic rings. The fourth-order valence-corrected chi connectivity index (χ4v) is 3.43. The molecule has 184 valence electrons. The summed E-state index contributed by atoms with van der Waals surface area (Å²) >= 11 is 3.28. The summed E-state index contributed by atoms with van der Waals surface area (Å²) in [6.45, 7) is 3.03. The molecule has 0 heterocycles. The van der Waals surface area contributed by atoms with Gasteiger partial charge in [0.15, 0.2) is 11.6 Å². The molecule has 0 atom stereocenters. The quantitative estimate of drug-likeness (QED) is 0.166. The third-order valence-electron chi connectivity index (χ3n) is 4.98. The molecular formula is C28H28BBrN2O4. The predicted molar refractivity (Wildman–Crippen MR) is 151 cm³/mol. The minimum atomic E-state index is -1.47. The molecule has 0 aliphatic rings. The first-order valence-electron chi connectivity index (χ1n) is 11.0. The lowest BCUT2D eigenvalue weighted by Crippen LogP contribution is -2.29. The van der Waals surface area contributed by atoms with Crippen molar-refractivity contribution < 1.29 is 19.6 Å². The smallest absolute Gasteiger partial charge is 0.423 e. The van der Waals surface area contributed by atoms with E-state index in [9.17, 15) is 9.59 Å². The van der Waals surface area contributed by atoms with Gasteiger partial charge in [0.25, 0.3) is 0 Å². The van der Waals surface area contributed by atoms with Gasteiger partial charge in [-0.25, -0.2) is 0 Å². The molecule has 4 aromatic carbocycles. The largest absolute Gasteiger partial charge is 0.488 e. The van der Waals surface area contributed by atoms with E-state index >= 15 is 0 Å². The van der Waals surface area contributed by atoms with Gasteiger partial charge < -0.3 is 21.5 Å². The van der Waals surface area contributed by atoms with Crippen LogP contribution in [-0.4, -0.2) is 28.7 Å². The van der Waals surface area contributed by atoms with Gasteiger partial charge in [-0.15, -0.1) is 0 Å². The summed E-state index contributed by atoms with van der Waals surface area (Å²) in [4.78, 5) is 21.9. The number of halogens is 1. The molecule has 0 unspecified atom stereocenters. The van der Waals surface area contributed by atoms with E-state index in [1.165, 1.54) is 19.1 Å². The Labute approximate surface area is 219 Å². The number of carbonyl (C=O) groups is 2. The first kappa shape index (κ1) is 28.5. The van der Waals surface area contributed by atoms with Crippen molar-refractivity contribution in [1.82, 2.24) is 0 Å². The van der Waals surface area contributed by atoms with Gasteiger partial charge in [-0.2, -0.15) is 0 Å². The molecule has 0 saturated heterocycles. The number of benzene rings is 4. The number of anilines is 2. The van der Waals surface area contributed by atoms with Crippen LogP contribution in [-0.2, 0) is 0 Å². The molecule has 0 aliphatic heterocycles. The van der Waals surface area contributed by atoms with Crippen LogP contribution in [0, 0.1) is 0 Å². The first-order valence-corrected chi connectivity index (χ1v) is 11.8. The second-order valence-electron chi connectivity index (χ2n) is 7.87. The number of nitrogens with two attached hydrogens (primary N) is 2. The van der Waals surface area contributed by atoms with Crippen molar-refractivity contribution in [2.45, 2.75) is 13.8 Å². The van der Waals surface area contributed by atoms with E-state index in [-0.39, 0.29) is 11.6 Å². The SMILES string of the molecule is CC(=O)c1ccc(-c2cccc(N)c2)cc1.CC(=O)c1ccc(B(O)O)cc1.Nc1cccc(Br)c1. The Hall–Kier alpha value is -3.72. The lowest BCUT2D eigenvalue weighted by atomic mass is 9.80. The van der Waals surface area contributed by atoms with Crippen molar-refractivity contribution in [1.29, 1.82) is 0 Å². The van der Waals surface area contributed by atoms with Gasteiger partial charge in [0.2, 0.25) is 0 Å². The number of carbonyl (C=O) groups excluding carboxylic acids is 2. The second-order valence-corrected chi connectivity index (χ2v) is 8.78. The molecule has 0 radical (unpaired) electrons. The summed E-state index contributed by atoms with van der Waals surface area (Å²) in [5.74, 6) is 0.0492. The van der Waals surface area contributed by atoms with Crippen molar-refractivity contribution in [2.75, 3.05) is 11.5 Å². The minimum absolute atomic E-state index is 0.0334. The summed E-state index contributed by atoms with van der Waals surface area (Å²) in [7, 11) is -1.47. The molecule has 0 saturated carbocycles. The van der Waals surface area contributed by atoms with E-state index in [0.717, 1.165) is 32.5 Å². The van der Waals surface area contributed by atoms with Gasteiger partial charge in [-0.1, -0.05) is 82.7 Å². The van der Waals surface area contributed by atoms with Gasteiger partial charge in [-0.05, 0) is 60.8 Å². The average molecular weight is 547 g/mol. The van der Waals surface area contributed by atoms with E-state index < -0.39 is 7.12 Å². The molecule has 0 fully saturated rings. The summed E-state index contributed by atoms with van der Waals surface area (Å²) in [5, 5.41) is 17.4. The molecule has 0 spiro atoms. The highest BCUT2D eigenvalue weighted by Gasteiger charge is 2.10. The highest BCUT2D eigenvalue weighted by Crippen LogP contribution is 2.21. The monoisotopic (exact) mass is 546 g/mol. The Morgan fingerprint density at radius 3 is 1.53 bits per heavy atom. The molecule has 6 nitrogen and oxygen atoms in total. The molecule has 0 amide bonds. The van der Waals surface area contributed by atoms with Gasteiger partial charge in [0.1, 0.15) is 0 Å². The van der Waals surface area contributed by atoms with Crippen molar-refractivity contribution in [2.24, 2.45) is 0 Å². The number of hydrogen-bond acceptors (Lipinski definition) is 6. The highest BCUT2D eigenvalue weighted by atomic mass is 79.9. The zero-order valence-corrected chi connectivity index (χ0v) is 21.6. The van der Waals surface area contributed by atoms with Crippen LogP contribution in [0.15, 0.2) is 102 Å². The molecule has 36 heavy (non-hydrogen) atoms. The van der Waals surface area contributed by atoms with Crippen molar-refractivity contribution in [3.63, 3.8) is 0 Å². The van der Waals surface area contributed by atoms with Crippen LogP contribution in [0.25, 0.3) is 11.1 Å². The van der Waals surface area contributed by atoms with Crippen molar-refractivity contribution >= 4 is 51.5 Å². The van der Waals surface area contributed by atoms with Gasteiger partial charge >= 0.3 is 7.12 Å². The third kappa shape index (κ3) is 9.50. The van der Waals surface area contributed by atoms with E-state index in [1.807, 2.05) is 72.8 Å². The van der Waals surface area contributed by atoms with Crippen LogP contribution >= 0.6 is 15.9 Å². The number of Topliss-reactive ketones (excluding diaryl/α,β-unsaturated/α-hetero) is 2. The Morgan fingerprint density at radius 2 is 1.14 bits per heavy atom. The van der Waals surface area contributed by atoms with Crippen molar-refractivity contribution in [3.8, 4) is 11.1 Å². The molecule has 4 rings (SSSR count). The Kier molecular flexibility index (Phi) is 11.1. The summed E-state index contributed by atoms with van der Waals surface area (Å²) in [6.07, 6.45) is 0. The van der Waals surface area contributed by atoms with Crippen LogP contribution in [0.1, 0.15) is 34.6 Å². The zero-order valence-electron chi connectivity index (χ0n) is 20.1. The minimum Gasteiger partial charge on any atom is -0.423 e. The maximum atomic E-state index is 11.1. The number of rotatable bonds is 4. The standard InChI is InChI=1S/C14H13NO.C8H9BO3.C6H6BrN/c1-10(16)11-5-7-12(8-6-11)13-3-2-4-14(15)9-13;1-6(10)7-2-4-8(5-3-7)9(11)12;7-5-2-1-3-6(8)4-5/h2-9H,15H2,1H3;2-5,11-12H,1H3;1-4H,8H2. The summed E-state index contributed by atoms with van der Waals surface area (Å²) in [5.41, 5.74) is 16.5. The van der Waals surface area contributed by atoms with Gasteiger partial charge in [0.05, 0.1) is 0 Å². The second kappa shape index (κ2) is 14.0. The molecule has 8 heteroatoms. The predicted octanol–water partition coefficient (Wildman–Crippen LogP) is 4.74. The molecule has 6 N–H and O–H groups in total. The van der Waals surface area contributed by atoms with Crippen LogP contribution in [0.4, 0.5) is 11.4 Å². The fourth-order valence-electron chi connectivity index (χ4n) is 3.01. The fraction of sp³-hybridized carbons (Fsp3) is 0.0714. The maximum absolute atomic E-state index is 11.1. The first-order chi connectivity index (χ1) is 17.1. The molecule has 0 aromatic heterocycles. The molecular weight excluding hydrogens is 519 g/mol. The molecule has 0 bridgehead atoms. The summed E-state index contributed by atoms with van der Waals surface area (Å²) < 4.78 is 1.03. The van der Waals surface area contributed by atoms with E-state index in [4.69, 9.17) is 21.5 Å². The third-order valence-corrected chi connectivity index (χ3v) is 5.47. The van der Waals surface area contributed by atoms with E-state index in [2.05, 4.69) is 15.9 Å². The Morgan fingerprint density at radius 1 is 0.667 bits per heavy atom.